The summed E-state index contributed by atoms with van der Waals surface area (Å²) in [5.41, 5.74) is 16.7. The highest BCUT2D eigenvalue weighted by Crippen LogP contribution is 2.12. The molecule has 0 fully saturated rings. The molecule has 0 aromatic rings. The third-order valence-corrected chi connectivity index (χ3v) is 6.54. The molecule has 4 heteroatoms. The Morgan fingerprint density at radius 2 is 0.452 bits per heavy atom. The van der Waals surface area contributed by atoms with Crippen LogP contribution in [0, 0.1) is 0 Å². The number of hydrogen-bond acceptors (Lipinski definition) is 4. The van der Waals surface area contributed by atoms with E-state index >= 15 is 0 Å². The Morgan fingerprint density at radius 1 is 0.258 bits per heavy atom. The van der Waals surface area contributed by atoms with Crippen molar-refractivity contribution in [3.63, 3.8) is 0 Å². The zero-order chi connectivity index (χ0) is 22.7. The van der Waals surface area contributed by atoms with Crippen molar-refractivity contribution in [2.75, 3.05) is 39.3 Å². The highest BCUT2D eigenvalue weighted by atomic mass is 15.1. The molecule has 0 aromatic heterocycles. The largest absolute Gasteiger partial charge is 0.330 e. The summed E-state index contributed by atoms with van der Waals surface area (Å²) >= 11 is 0. The van der Waals surface area contributed by atoms with E-state index in [0.29, 0.717) is 0 Å². The maximum Gasteiger partial charge on any atom is -0.00187 e. The molecule has 0 aliphatic rings. The molecule has 4 nitrogen and oxygen atoms in total. The number of nitrogens with zero attached hydrogens (tertiary/aromatic N) is 1. The van der Waals surface area contributed by atoms with Crippen LogP contribution in [-0.2, 0) is 0 Å². The van der Waals surface area contributed by atoms with Gasteiger partial charge < -0.3 is 22.1 Å². The summed E-state index contributed by atoms with van der Waals surface area (Å²) in [7, 11) is 0. The number of nitrogens with two attached hydrogens (primary N) is 3. The summed E-state index contributed by atoms with van der Waals surface area (Å²) in [6.45, 7) is 6.52. The maximum atomic E-state index is 5.58. The fourth-order valence-electron chi connectivity index (χ4n) is 4.43. The highest BCUT2D eigenvalue weighted by molar-refractivity contribution is 4.61. The van der Waals surface area contributed by atoms with E-state index < -0.39 is 0 Å². The Hall–Kier alpha value is -0.160. The summed E-state index contributed by atoms with van der Waals surface area (Å²) in [5, 5.41) is 0. The maximum absolute atomic E-state index is 5.58. The third-order valence-electron chi connectivity index (χ3n) is 6.54. The van der Waals surface area contributed by atoms with Crippen molar-refractivity contribution < 1.29 is 0 Å². The van der Waals surface area contributed by atoms with E-state index in [-0.39, 0.29) is 0 Å². The predicted molar refractivity (Wildman–Crippen MR) is 141 cm³/mol. The lowest BCUT2D eigenvalue weighted by atomic mass is 10.1. The Labute approximate surface area is 196 Å². The van der Waals surface area contributed by atoms with Crippen LogP contribution in [0.4, 0.5) is 0 Å². The molecular formula is C27H60N4. The molecule has 0 aliphatic carbocycles. The topological polar surface area (TPSA) is 81.3 Å². The van der Waals surface area contributed by atoms with Crippen LogP contribution >= 0.6 is 0 Å². The van der Waals surface area contributed by atoms with Crippen molar-refractivity contribution in [3.8, 4) is 0 Å². The first kappa shape index (κ1) is 30.8. The van der Waals surface area contributed by atoms with E-state index in [9.17, 15) is 0 Å². The number of rotatable bonds is 27. The van der Waals surface area contributed by atoms with Gasteiger partial charge in [0.05, 0.1) is 0 Å². The molecule has 0 aromatic carbocycles. The molecule has 0 unspecified atom stereocenters. The normalized spacial score (nSPS) is 11.6. The SMILES string of the molecule is NCCCCCCCCCN(CCCCCCCCCN)CCCCCCCCCN. The lowest BCUT2D eigenvalue weighted by molar-refractivity contribution is 0.254. The van der Waals surface area contributed by atoms with E-state index in [2.05, 4.69) is 4.90 Å². The highest BCUT2D eigenvalue weighted by Gasteiger charge is 2.05. The third kappa shape index (κ3) is 26.0. The van der Waals surface area contributed by atoms with Gasteiger partial charge in [-0.3, -0.25) is 0 Å². The molecule has 0 saturated carbocycles. The van der Waals surface area contributed by atoms with Gasteiger partial charge in [0.1, 0.15) is 0 Å². The van der Waals surface area contributed by atoms with Crippen molar-refractivity contribution in [3.05, 3.63) is 0 Å². The van der Waals surface area contributed by atoms with Gasteiger partial charge >= 0.3 is 0 Å². The second-order valence-corrected chi connectivity index (χ2v) is 9.63. The van der Waals surface area contributed by atoms with Crippen molar-refractivity contribution in [2.24, 2.45) is 17.2 Å². The van der Waals surface area contributed by atoms with Crippen molar-refractivity contribution in [2.45, 2.75) is 135 Å². The van der Waals surface area contributed by atoms with Gasteiger partial charge in [0.2, 0.25) is 0 Å². The van der Waals surface area contributed by atoms with Gasteiger partial charge in [-0.05, 0) is 77.8 Å². The Bertz CT molecular complexity index is 264. The van der Waals surface area contributed by atoms with Crippen molar-refractivity contribution >= 4 is 0 Å². The zero-order valence-corrected chi connectivity index (χ0v) is 21.3. The minimum atomic E-state index is 0.858. The molecule has 31 heavy (non-hydrogen) atoms. The smallest absolute Gasteiger partial charge is 0.00187 e. The molecule has 0 atom stereocenters. The second kappa shape index (κ2) is 27.9. The molecule has 0 radical (unpaired) electrons. The van der Waals surface area contributed by atoms with E-state index in [4.69, 9.17) is 17.2 Å². The Balaban J connectivity index is 3.82. The van der Waals surface area contributed by atoms with E-state index in [1.54, 1.807) is 0 Å². The monoisotopic (exact) mass is 440 g/mol. The molecule has 0 bridgehead atoms. The molecule has 0 aliphatic heterocycles. The first-order chi connectivity index (χ1) is 15.3. The van der Waals surface area contributed by atoms with Gasteiger partial charge in [-0.2, -0.15) is 0 Å². The molecule has 0 saturated heterocycles. The van der Waals surface area contributed by atoms with Crippen LogP contribution in [-0.4, -0.2) is 44.2 Å². The van der Waals surface area contributed by atoms with Gasteiger partial charge in [0.25, 0.3) is 0 Å². The molecule has 0 heterocycles. The van der Waals surface area contributed by atoms with Crippen LogP contribution < -0.4 is 17.2 Å². The first-order valence-electron chi connectivity index (χ1n) is 14.2. The van der Waals surface area contributed by atoms with Crippen LogP contribution in [0.3, 0.4) is 0 Å². The van der Waals surface area contributed by atoms with E-state index in [1.807, 2.05) is 0 Å². The van der Waals surface area contributed by atoms with Crippen molar-refractivity contribution in [1.82, 2.24) is 4.90 Å². The molecule has 188 valence electrons. The summed E-state index contributed by atoms with van der Waals surface area (Å²) in [5.74, 6) is 0. The fraction of sp³-hybridized carbons (Fsp3) is 1.00. The van der Waals surface area contributed by atoms with E-state index in [1.165, 1.54) is 154 Å². The van der Waals surface area contributed by atoms with Gasteiger partial charge in [0.15, 0.2) is 0 Å². The van der Waals surface area contributed by atoms with Gasteiger partial charge in [0, 0.05) is 0 Å². The Morgan fingerprint density at radius 3 is 0.677 bits per heavy atom. The van der Waals surface area contributed by atoms with Gasteiger partial charge in [-0.1, -0.05) is 96.3 Å². The van der Waals surface area contributed by atoms with Crippen LogP contribution in [0.1, 0.15) is 135 Å². The minimum Gasteiger partial charge on any atom is -0.330 e. The summed E-state index contributed by atoms with van der Waals surface area (Å²) in [6.07, 6.45) is 28.5. The van der Waals surface area contributed by atoms with Crippen LogP contribution in [0.15, 0.2) is 0 Å². The van der Waals surface area contributed by atoms with Crippen molar-refractivity contribution in [1.29, 1.82) is 0 Å². The molecule has 6 N–H and O–H groups in total. The van der Waals surface area contributed by atoms with Crippen LogP contribution in [0.5, 0.6) is 0 Å². The average Bonchev–Trinajstić information content (AvgIpc) is 2.78. The van der Waals surface area contributed by atoms with E-state index in [0.717, 1.165) is 19.6 Å². The molecular weight excluding hydrogens is 380 g/mol. The lowest BCUT2D eigenvalue weighted by Crippen LogP contribution is -2.27. The zero-order valence-electron chi connectivity index (χ0n) is 21.3. The van der Waals surface area contributed by atoms with Gasteiger partial charge in [-0.15, -0.1) is 0 Å². The summed E-state index contributed by atoms with van der Waals surface area (Å²) in [6, 6.07) is 0. The quantitative estimate of drug-likeness (QED) is 0.130. The molecule has 0 spiro atoms. The fourth-order valence-corrected chi connectivity index (χ4v) is 4.43. The van der Waals surface area contributed by atoms with Crippen LogP contribution in [0.2, 0.25) is 0 Å². The van der Waals surface area contributed by atoms with Gasteiger partial charge in [-0.25, -0.2) is 0 Å². The lowest BCUT2D eigenvalue weighted by Gasteiger charge is -2.22. The molecule has 0 rings (SSSR count). The molecule has 0 amide bonds. The number of unbranched alkanes of at least 4 members (excludes halogenated alkanes) is 18. The Kier molecular flexibility index (Phi) is 27.7. The average molecular weight is 441 g/mol. The standard InChI is InChI=1S/C27H60N4/c28-22-16-10-4-1-7-13-19-25-31(26-20-14-8-2-5-11-17-23-29)27-21-15-9-3-6-12-18-24-30/h1-30H2. The summed E-state index contributed by atoms with van der Waals surface area (Å²) < 4.78 is 0. The van der Waals surface area contributed by atoms with Crippen LogP contribution in [0.25, 0.3) is 0 Å². The minimum absolute atomic E-state index is 0.858. The number of hydrogen-bond donors (Lipinski definition) is 3. The second-order valence-electron chi connectivity index (χ2n) is 9.63. The first-order valence-corrected chi connectivity index (χ1v) is 14.2. The predicted octanol–water partition coefficient (Wildman–Crippen LogP) is 6.36. The summed E-state index contributed by atoms with van der Waals surface area (Å²) in [4.78, 5) is 2.78.